The normalized spacial score (nSPS) is 10.8. The lowest BCUT2D eigenvalue weighted by atomic mass is 10.0. The van der Waals surface area contributed by atoms with Gasteiger partial charge in [-0.3, -0.25) is 4.98 Å². The van der Waals surface area contributed by atoms with E-state index in [1.807, 2.05) is 7.05 Å². The van der Waals surface area contributed by atoms with Crippen LogP contribution < -0.4 is 5.32 Å². The predicted octanol–water partition coefficient (Wildman–Crippen LogP) is 3.85. The van der Waals surface area contributed by atoms with Crippen molar-refractivity contribution >= 4 is 16.6 Å². The molecule has 2 heteroatoms. The van der Waals surface area contributed by atoms with Gasteiger partial charge in [-0.05, 0) is 38.0 Å². The first kappa shape index (κ1) is 11.9. The van der Waals surface area contributed by atoms with Crippen molar-refractivity contribution in [2.24, 2.45) is 0 Å². The van der Waals surface area contributed by atoms with E-state index in [9.17, 15) is 0 Å². The van der Waals surface area contributed by atoms with Crippen molar-refractivity contribution in [2.75, 3.05) is 12.4 Å². The fourth-order valence-electron chi connectivity index (χ4n) is 2.32. The van der Waals surface area contributed by atoms with Gasteiger partial charge in [-0.2, -0.15) is 0 Å². The van der Waals surface area contributed by atoms with Gasteiger partial charge in [-0.1, -0.05) is 25.0 Å². The molecule has 0 aliphatic carbocycles. The Labute approximate surface area is 103 Å². The number of aromatic nitrogens is 1. The van der Waals surface area contributed by atoms with Crippen LogP contribution in [0.25, 0.3) is 10.9 Å². The largest absolute Gasteiger partial charge is 0.388 e. The number of nitrogens with zero attached hydrogens (tertiary/aromatic N) is 1. The zero-order valence-electron chi connectivity index (χ0n) is 11.1. The molecule has 0 spiro atoms. The molecule has 1 N–H and O–H groups in total. The smallest absolute Gasteiger partial charge is 0.0755 e. The average Bonchev–Trinajstić information content (AvgIpc) is 2.29. The van der Waals surface area contributed by atoms with E-state index in [0.717, 1.165) is 18.4 Å². The first-order chi connectivity index (χ1) is 8.15. The second-order valence-corrected chi connectivity index (χ2v) is 4.64. The monoisotopic (exact) mass is 228 g/mol. The fourth-order valence-corrected chi connectivity index (χ4v) is 2.32. The Bertz CT molecular complexity index is 544. The zero-order chi connectivity index (χ0) is 12.4. The zero-order valence-corrected chi connectivity index (χ0v) is 11.1. The molecule has 0 unspecified atom stereocenters. The predicted molar refractivity (Wildman–Crippen MR) is 74.8 cm³/mol. The highest BCUT2D eigenvalue weighted by Gasteiger charge is 2.07. The lowest BCUT2D eigenvalue weighted by Gasteiger charge is -2.11. The summed E-state index contributed by atoms with van der Waals surface area (Å²) in [6.07, 6.45) is 2.17. The summed E-state index contributed by atoms with van der Waals surface area (Å²) < 4.78 is 0. The minimum Gasteiger partial charge on any atom is -0.388 e. The number of hydrogen-bond donors (Lipinski definition) is 1. The average molecular weight is 228 g/mol. The number of rotatable bonds is 3. The van der Waals surface area contributed by atoms with Crippen molar-refractivity contribution in [1.29, 1.82) is 0 Å². The number of benzene rings is 1. The fraction of sp³-hybridized carbons (Fsp3) is 0.400. The number of aryl methyl sites for hydroxylation is 3. The number of anilines is 1. The van der Waals surface area contributed by atoms with Gasteiger partial charge in [0, 0.05) is 23.8 Å². The van der Waals surface area contributed by atoms with E-state index in [2.05, 4.69) is 44.3 Å². The molecule has 1 aromatic carbocycles. The van der Waals surface area contributed by atoms with Crippen LogP contribution in [0.4, 0.5) is 5.69 Å². The Morgan fingerprint density at radius 2 is 1.94 bits per heavy atom. The molecule has 0 atom stereocenters. The van der Waals surface area contributed by atoms with Crippen LogP contribution in [-0.4, -0.2) is 12.0 Å². The Morgan fingerprint density at radius 1 is 1.18 bits per heavy atom. The van der Waals surface area contributed by atoms with Gasteiger partial charge in [0.15, 0.2) is 0 Å². The van der Waals surface area contributed by atoms with Gasteiger partial charge in [-0.15, -0.1) is 0 Å². The lowest BCUT2D eigenvalue weighted by molar-refractivity contribution is 0.889. The van der Waals surface area contributed by atoms with Crippen molar-refractivity contribution < 1.29 is 0 Å². The second-order valence-electron chi connectivity index (χ2n) is 4.64. The SMILES string of the molecule is CCCc1cc(NC)c2cc(C)cc(C)c2n1. The molecule has 0 saturated heterocycles. The molecule has 2 rings (SSSR count). The summed E-state index contributed by atoms with van der Waals surface area (Å²) in [5, 5.41) is 4.51. The topological polar surface area (TPSA) is 24.9 Å². The molecule has 0 radical (unpaired) electrons. The van der Waals surface area contributed by atoms with E-state index in [4.69, 9.17) is 4.98 Å². The highest BCUT2D eigenvalue weighted by Crippen LogP contribution is 2.27. The van der Waals surface area contributed by atoms with E-state index in [1.165, 1.54) is 27.9 Å². The molecule has 0 amide bonds. The summed E-state index contributed by atoms with van der Waals surface area (Å²) in [7, 11) is 1.97. The van der Waals surface area contributed by atoms with Crippen LogP contribution in [0.3, 0.4) is 0 Å². The van der Waals surface area contributed by atoms with Gasteiger partial charge < -0.3 is 5.32 Å². The molecule has 0 aliphatic heterocycles. The number of nitrogens with one attached hydrogen (secondary N) is 1. The molecule has 1 heterocycles. The van der Waals surface area contributed by atoms with Crippen LogP contribution in [0.15, 0.2) is 18.2 Å². The first-order valence-corrected chi connectivity index (χ1v) is 6.24. The van der Waals surface area contributed by atoms with E-state index < -0.39 is 0 Å². The van der Waals surface area contributed by atoms with Crippen molar-refractivity contribution in [3.05, 3.63) is 35.0 Å². The molecular formula is C15H20N2. The Kier molecular flexibility index (Phi) is 3.32. The minimum atomic E-state index is 1.04. The van der Waals surface area contributed by atoms with E-state index in [0.29, 0.717) is 0 Å². The van der Waals surface area contributed by atoms with Crippen LogP contribution >= 0.6 is 0 Å². The summed E-state index contributed by atoms with van der Waals surface area (Å²) in [4.78, 5) is 4.77. The van der Waals surface area contributed by atoms with E-state index >= 15 is 0 Å². The van der Waals surface area contributed by atoms with Crippen molar-refractivity contribution in [1.82, 2.24) is 4.98 Å². The standard InChI is InChI=1S/C15H20N2/c1-5-6-12-9-14(16-4)13-8-10(2)7-11(3)15(13)17-12/h7-9H,5-6H2,1-4H3,(H,16,17). The molecule has 90 valence electrons. The van der Waals surface area contributed by atoms with Crippen LogP contribution in [0.5, 0.6) is 0 Å². The van der Waals surface area contributed by atoms with Gasteiger partial charge >= 0.3 is 0 Å². The molecule has 0 fully saturated rings. The summed E-state index contributed by atoms with van der Waals surface area (Å²) in [6.45, 7) is 6.45. The third-order valence-corrected chi connectivity index (χ3v) is 3.08. The van der Waals surface area contributed by atoms with Gasteiger partial charge in [-0.25, -0.2) is 0 Å². The first-order valence-electron chi connectivity index (χ1n) is 6.24. The maximum Gasteiger partial charge on any atom is 0.0755 e. The molecular weight excluding hydrogens is 208 g/mol. The van der Waals surface area contributed by atoms with Gasteiger partial charge in [0.1, 0.15) is 0 Å². The molecule has 2 nitrogen and oxygen atoms in total. The number of hydrogen-bond acceptors (Lipinski definition) is 2. The second kappa shape index (κ2) is 4.74. The molecule has 1 aromatic heterocycles. The molecule has 17 heavy (non-hydrogen) atoms. The third kappa shape index (κ3) is 2.26. The maximum atomic E-state index is 4.77. The van der Waals surface area contributed by atoms with Crippen LogP contribution in [0.1, 0.15) is 30.2 Å². The minimum absolute atomic E-state index is 1.04. The van der Waals surface area contributed by atoms with Gasteiger partial charge in [0.25, 0.3) is 0 Å². The van der Waals surface area contributed by atoms with E-state index in [-0.39, 0.29) is 0 Å². The molecule has 0 saturated carbocycles. The van der Waals surface area contributed by atoms with Crippen LogP contribution in [-0.2, 0) is 6.42 Å². The molecule has 2 aromatic rings. The highest BCUT2D eigenvalue weighted by molar-refractivity contribution is 5.93. The number of pyridine rings is 1. The number of fused-ring (bicyclic) bond motifs is 1. The third-order valence-electron chi connectivity index (χ3n) is 3.08. The Hall–Kier alpha value is -1.57. The highest BCUT2D eigenvalue weighted by atomic mass is 14.8. The van der Waals surface area contributed by atoms with Crippen molar-refractivity contribution in [2.45, 2.75) is 33.6 Å². The Morgan fingerprint density at radius 3 is 2.59 bits per heavy atom. The molecule has 0 aliphatic rings. The Balaban J connectivity index is 2.73. The quantitative estimate of drug-likeness (QED) is 0.863. The summed E-state index contributed by atoms with van der Waals surface area (Å²) in [5.74, 6) is 0. The lowest BCUT2D eigenvalue weighted by Crippen LogP contribution is -1.98. The summed E-state index contributed by atoms with van der Waals surface area (Å²) in [5.41, 5.74) is 6.04. The van der Waals surface area contributed by atoms with Gasteiger partial charge in [0.2, 0.25) is 0 Å². The van der Waals surface area contributed by atoms with Crippen molar-refractivity contribution in [3.8, 4) is 0 Å². The summed E-state index contributed by atoms with van der Waals surface area (Å²) in [6, 6.07) is 6.58. The van der Waals surface area contributed by atoms with Crippen LogP contribution in [0, 0.1) is 13.8 Å². The van der Waals surface area contributed by atoms with E-state index in [1.54, 1.807) is 0 Å². The van der Waals surface area contributed by atoms with Gasteiger partial charge in [0.05, 0.1) is 5.52 Å². The van der Waals surface area contributed by atoms with Crippen LogP contribution in [0.2, 0.25) is 0 Å². The summed E-state index contributed by atoms with van der Waals surface area (Å²) >= 11 is 0. The molecule has 0 bridgehead atoms. The van der Waals surface area contributed by atoms with Crippen molar-refractivity contribution in [3.63, 3.8) is 0 Å². The maximum absolute atomic E-state index is 4.77.